The number of thioether (sulfide) groups is 1. The molecular formula is C13H14F2N2S. The Morgan fingerprint density at radius 3 is 2.78 bits per heavy atom. The van der Waals surface area contributed by atoms with Gasteiger partial charge in [-0.1, -0.05) is 0 Å². The van der Waals surface area contributed by atoms with Crippen molar-refractivity contribution in [3.63, 3.8) is 0 Å². The molecule has 1 fully saturated rings. The van der Waals surface area contributed by atoms with E-state index in [1.165, 1.54) is 23.9 Å². The maximum absolute atomic E-state index is 13.4. The highest BCUT2D eigenvalue weighted by atomic mass is 32.2. The summed E-state index contributed by atoms with van der Waals surface area (Å²) in [7, 11) is 0. The Labute approximate surface area is 109 Å². The van der Waals surface area contributed by atoms with E-state index < -0.39 is 17.2 Å². The van der Waals surface area contributed by atoms with Gasteiger partial charge in [0.15, 0.2) is 0 Å². The number of nitrogens with one attached hydrogen (secondary N) is 1. The number of rotatable bonds is 5. The van der Waals surface area contributed by atoms with E-state index in [0.717, 1.165) is 18.9 Å². The molecule has 2 nitrogen and oxygen atoms in total. The first-order valence-corrected chi connectivity index (χ1v) is 6.78. The Kier molecular flexibility index (Phi) is 3.88. The highest BCUT2D eigenvalue weighted by Crippen LogP contribution is 2.28. The van der Waals surface area contributed by atoms with Crippen LogP contribution in [-0.4, -0.2) is 17.3 Å². The van der Waals surface area contributed by atoms with E-state index in [1.807, 2.05) is 0 Å². The van der Waals surface area contributed by atoms with E-state index in [-0.39, 0.29) is 0 Å². The number of hydrogen-bond acceptors (Lipinski definition) is 3. The summed E-state index contributed by atoms with van der Waals surface area (Å²) in [6, 6.07) is 6.13. The van der Waals surface area contributed by atoms with Gasteiger partial charge >= 0.3 is 0 Å². The van der Waals surface area contributed by atoms with Crippen molar-refractivity contribution in [3.8, 4) is 6.07 Å². The lowest BCUT2D eigenvalue weighted by Gasteiger charge is -2.22. The van der Waals surface area contributed by atoms with Gasteiger partial charge in [0.25, 0.3) is 0 Å². The van der Waals surface area contributed by atoms with E-state index in [9.17, 15) is 14.0 Å². The van der Waals surface area contributed by atoms with E-state index in [1.54, 1.807) is 6.92 Å². The third kappa shape index (κ3) is 3.44. The van der Waals surface area contributed by atoms with Crippen LogP contribution in [0.4, 0.5) is 8.78 Å². The van der Waals surface area contributed by atoms with Crippen molar-refractivity contribution in [2.45, 2.75) is 36.2 Å². The number of halogens is 2. The van der Waals surface area contributed by atoms with Gasteiger partial charge in [0.05, 0.1) is 6.07 Å². The Morgan fingerprint density at radius 1 is 1.50 bits per heavy atom. The highest BCUT2D eigenvalue weighted by molar-refractivity contribution is 7.99. The van der Waals surface area contributed by atoms with Crippen LogP contribution in [0.1, 0.15) is 19.8 Å². The standard InChI is InChI=1S/C13H14F2N2S/c1-13(7-16,17-10-3-4-10)8-18-12-5-2-9(14)6-11(12)15/h2,5-6,10,17H,3-4,8H2,1H3. The predicted octanol–water partition coefficient (Wildman–Crippen LogP) is 3.09. The van der Waals surface area contributed by atoms with E-state index in [4.69, 9.17) is 0 Å². The molecule has 0 bridgehead atoms. The third-order valence-electron chi connectivity index (χ3n) is 2.76. The summed E-state index contributed by atoms with van der Waals surface area (Å²) < 4.78 is 26.2. The summed E-state index contributed by atoms with van der Waals surface area (Å²) in [4.78, 5) is 0.371. The third-order valence-corrected chi connectivity index (χ3v) is 4.12. The maximum Gasteiger partial charge on any atom is 0.139 e. The minimum Gasteiger partial charge on any atom is -0.296 e. The summed E-state index contributed by atoms with van der Waals surface area (Å²) in [6.45, 7) is 1.81. The van der Waals surface area contributed by atoms with Gasteiger partial charge in [-0.2, -0.15) is 5.26 Å². The molecule has 0 spiro atoms. The van der Waals surface area contributed by atoms with Gasteiger partial charge in [-0.05, 0) is 31.9 Å². The first kappa shape index (κ1) is 13.3. The van der Waals surface area contributed by atoms with Crippen LogP contribution in [0, 0.1) is 23.0 Å². The van der Waals surface area contributed by atoms with Crippen LogP contribution in [0.15, 0.2) is 23.1 Å². The molecule has 1 atom stereocenters. The lowest BCUT2D eigenvalue weighted by atomic mass is 10.1. The van der Waals surface area contributed by atoms with Crippen LogP contribution in [0.2, 0.25) is 0 Å². The molecule has 0 radical (unpaired) electrons. The van der Waals surface area contributed by atoms with Crippen molar-refractivity contribution >= 4 is 11.8 Å². The zero-order valence-electron chi connectivity index (χ0n) is 10.0. The molecule has 1 aromatic rings. The molecule has 5 heteroatoms. The monoisotopic (exact) mass is 268 g/mol. The fraction of sp³-hybridized carbons (Fsp3) is 0.462. The molecule has 1 aliphatic carbocycles. The van der Waals surface area contributed by atoms with E-state index >= 15 is 0 Å². The molecule has 1 N–H and O–H groups in total. The molecule has 0 saturated heterocycles. The molecule has 0 aliphatic heterocycles. The molecular weight excluding hydrogens is 254 g/mol. The average molecular weight is 268 g/mol. The first-order chi connectivity index (χ1) is 8.52. The van der Waals surface area contributed by atoms with Crippen LogP contribution < -0.4 is 5.32 Å². The summed E-state index contributed by atoms with van der Waals surface area (Å²) >= 11 is 1.23. The van der Waals surface area contributed by atoms with Crippen molar-refractivity contribution in [1.82, 2.24) is 5.32 Å². The Hall–Kier alpha value is -1.12. The quantitative estimate of drug-likeness (QED) is 0.834. The van der Waals surface area contributed by atoms with Crippen LogP contribution in [0.3, 0.4) is 0 Å². The predicted molar refractivity (Wildman–Crippen MR) is 67.3 cm³/mol. The fourth-order valence-corrected chi connectivity index (χ4v) is 2.55. The van der Waals surface area contributed by atoms with E-state index in [0.29, 0.717) is 16.7 Å². The van der Waals surface area contributed by atoms with Gasteiger partial charge in [-0.15, -0.1) is 11.8 Å². The molecule has 2 rings (SSSR count). The second kappa shape index (κ2) is 5.25. The molecule has 1 unspecified atom stereocenters. The summed E-state index contributed by atoms with van der Waals surface area (Å²) in [5.41, 5.74) is -0.674. The number of benzene rings is 1. The Balaban J connectivity index is 1.98. The first-order valence-electron chi connectivity index (χ1n) is 5.79. The highest BCUT2D eigenvalue weighted by Gasteiger charge is 2.32. The zero-order chi connectivity index (χ0) is 13.2. The Morgan fingerprint density at radius 2 is 2.22 bits per heavy atom. The van der Waals surface area contributed by atoms with Crippen molar-refractivity contribution in [3.05, 3.63) is 29.8 Å². The minimum atomic E-state index is -0.674. The average Bonchev–Trinajstić information content (AvgIpc) is 3.12. The molecule has 18 heavy (non-hydrogen) atoms. The Bertz CT molecular complexity index is 482. The summed E-state index contributed by atoms with van der Waals surface area (Å²) in [5.74, 6) is -0.731. The van der Waals surface area contributed by atoms with Gasteiger partial charge < -0.3 is 0 Å². The van der Waals surface area contributed by atoms with Gasteiger partial charge in [0, 0.05) is 22.8 Å². The topological polar surface area (TPSA) is 35.8 Å². The number of hydrogen-bond donors (Lipinski definition) is 1. The van der Waals surface area contributed by atoms with Crippen LogP contribution in [-0.2, 0) is 0 Å². The van der Waals surface area contributed by atoms with Crippen LogP contribution in [0.5, 0.6) is 0 Å². The number of nitrogens with zero attached hydrogens (tertiary/aromatic N) is 1. The molecule has 1 aliphatic rings. The molecule has 0 heterocycles. The zero-order valence-corrected chi connectivity index (χ0v) is 10.9. The van der Waals surface area contributed by atoms with Gasteiger partial charge in [-0.3, -0.25) is 5.32 Å². The normalized spacial score (nSPS) is 18.1. The lowest BCUT2D eigenvalue weighted by Crippen LogP contribution is -2.44. The summed E-state index contributed by atoms with van der Waals surface area (Å²) in [5, 5.41) is 12.4. The largest absolute Gasteiger partial charge is 0.296 e. The maximum atomic E-state index is 13.4. The van der Waals surface area contributed by atoms with Crippen molar-refractivity contribution in [2.75, 3.05) is 5.75 Å². The molecule has 0 amide bonds. The smallest absolute Gasteiger partial charge is 0.139 e. The van der Waals surface area contributed by atoms with Crippen molar-refractivity contribution < 1.29 is 8.78 Å². The molecule has 1 aromatic carbocycles. The van der Waals surface area contributed by atoms with Gasteiger partial charge in [-0.25, -0.2) is 8.78 Å². The lowest BCUT2D eigenvalue weighted by molar-refractivity contribution is 0.490. The molecule has 96 valence electrons. The second-order valence-electron chi connectivity index (χ2n) is 4.73. The van der Waals surface area contributed by atoms with Crippen molar-refractivity contribution in [2.24, 2.45) is 0 Å². The molecule has 1 saturated carbocycles. The van der Waals surface area contributed by atoms with Crippen LogP contribution in [0.25, 0.3) is 0 Å². The number of nitriles is 1. The van der Waals surface area contributed by atoms with Crippen LogP contribution >= 0.6 is 11.8 Å². The minimum absolute atomic E-state index is 0.371. The van der Waals surface area contributed by atoms with Gasteiger partial charge in [0.2, 0.25) is 0 Å². The van der Waals surface area contributed by atoms with E-state index in [2.05, 4.69) is 11.4 Å². The van der Waals surface area contributed by atoms with Crippen molar-refractivity contribution in [1.29, 1.82) is 5.26 Å². The van der Waals surface area contributed by atoms with Gasteiger partial charge in [0.1, 0.15) is 17.2 Å². The molecule has 0 aromatic heterocycles. The fourth-order valence-electron chi connectivity index (χ4n) is 1.60. The second-order valence-corrected chi connectivity index (χ2v) is 5.74. The SMILES string of the molecule is CC(C#N)(CSc1ccc(F)cc1F)NC1CC1. The summed E-state index contributed by atoms with van der Waals surface area (Å²) in [6.07, 6.45) is 2.18.